The van der Waals surface area contributed by atoms with Crippen LogP contribution in [0.25, 0.3) is 0 Å². The van der Waals surface area contributed by atoms with E-state index in [1.807, 2.05) is 0 Å². The molecule has 0 aromatic carbocycles. The summed E-state index contributed by atoms with van der Waals surface area (Å²) in [6, 6.07) is 5.19. The summed E-state index contributed by atoms with van der Waals surface area (Å²) in [6.45, 7) is 0.788. The van der Waals surface area contributed by atoms with E-state index in [4.69, 9.17) is 16.4 Å². The third-order valence-electron chi connectivity index (χ3n) is 4.27. The molecule has 1 saturated heterocycles. The zero-order valence-corrected chi connectivity index (χ0v) is 13.0. The highest BCUT2D eigenvalue weighted by molar-refractivity contribution is 6.40. The maximum atomic E-state index is 12.5. The highest BCUT2D eigenvalue weighted by Gasteiger charge is 2.47. The van der Waals surface area contributed by atoms with Crippen LogP contribution >= 0.6 is 11.6 Å². The minimum absolute atomic E-state index is 0.183. The number of carbonyl (C=O) groups excluding carboxylic acids is 2. The minimum Gasteiger partial charge on any atom is -0.389 e. The first kappa shape index (κ1) is 14.4. The van der Waals surface area contributed by atoms with Crippen molar-refractivity contribution in [2.45, 2.75) is 25.0 Å². The summed E-state index contributed by atoms with van der Waals surface area (Å²) in [5.74, 6) is -0.584. The number of fused-ring (bicyclic) bond motifs is 1. The standard InChI is InChI=1S/C15H15ClN4O3/c16-12-3-1-2-10(18-12)15(22)20-6-9-11(7-20)23-19-13(9)14(21)17-8-4-5-8/h1-3,8-9,11H,4-7H2,(H,17,21)/t9-,11+/m0/s1. The second-order valence-corrected chi connectivity index (χ2v) is 6.42. The van der Waals surface area contributed by atoms with Gasteiger partial charge >= 0.3 is 0 Å². The van der Waals surface area contributed by atoms with Crippen LogP contribution in [0.5, 0.6) is 0 Å². The molecule has 8 heteroatoms. The second kappa shape index (κ2) is 5.49. The van der Waals surface area contributed by atoms with Crippen LogP contribution in [0.4, 0.5) is 0 Å². The summed E-state index contributed by atoms with van der Waals surface area (Å²) in [4.78, 5) is 35.7. The van der Waals surface area contributed by atoms with E-state index in [2.05, 4.69) is 15.5 Å². The van der Waals surface area contributed by atoms with Gasteiger partial charge < -0.3 is 15.1 Å². The number of likely N-dealkylation sites (tertiary alicyclic amines) is 1. The molecule has 2 aliphatic heterocycles. The van der Waals surface area contributed by atoms with E-state index in [-0.39, 0.29) is 35.0 Å². The predicted octanol–water partition coefficient (Wildman–Crippen LogP) is 0.840. The topological polar surface area (TPSA) is 83.9 Å². The van der Waals surface area contributed by atoms with E-state index in [0.717, 1.165) is 12.8 Å². The van der Waals surface area contributed by atoms with Gasteiger partial charge in [0.05, 0.1) is 12.5 Å². The molecule has 0 bridgehead atoms. The van der Waals surface area contributed by atoms with E-state index in [1.54, 1.807) is 23.1 Å². The summed E-state index contributed by atoms with van der Waals surface area (Å²) in [7, 11) is 0. The Balaban J connectivity index is 1.45. The van der Waals surface area contributed by atoms with Crippen molar-refractivity contribution >= 4 is 29.1 Å². The fourth-order valence-electron chi connectivity index (χ4n) is 2.89. The average Bonchev–Trinajstić information content (AvgIpc) is 3.10. The smallest absolute Gasteiger partial charge is 0.272 e. The molecule has 23 heavy (non-hydrogen) atoms. The van der Waals surface area contributed by atoms with Crippen LogP contribution in [0.1, 0.15) is 23.3 Å². The number of hydrogen-bond acceptors (Lipinski definition) is 5. The van der Waals surface area contributed by atoms with Crippen molar-refractivity contribution in [1.82, 2.24) is 15.2 Å². The lowest BCUT2D eigenvalue weighted by atomic mass is 10.0. The Bertz CT molecular complexity index is 704. The van der Waals surface area contributed by atoms with Gasteiger partial charge in [0.25, 0.3) is 11.8 Å². The molecule has 4 rings (SSSR count). The summed E-state index contributed by atoms with van der Waals surface area (Å²) in [6.07, 6.45) is 1.76. The van der Waals surface area contributed by atoms with Gasteiger partial charge in [0.15, 0.2) is 11.8 Å². The number of pyridine rings is 1. The summed E-state index contributed by atoms with van der Waals surface area (Å²) < 4.78 is 0. The molecule has 1 N–H and O–H groups in total. The predicted molar refractivity (Wildman–Crippen MR) is 82.1 cm³/mol. The molecule has 0 radical (unpaired) electrons. The number of hydrogen-bond donors (Lipinski definition) is 1. The molecule has 0 spiro atoms. The molecule has 2 amide bonds. The van der Waals surface area contributed by atoms with Gasteiger partial charge in [0.1, 0.15) is 10.8 Å². The van der Waals surface area contributed by atoms with Crippen LogP contribution in [-0.4, -0.2) is 52.6 Å². The lowest BCUT2D eigenvalue weighted by Crippen LogP contribution is -2.38. The number of halogens is 1. The highest BCUT2D eigenvalue weighted by Crippen LogP contribution is 2.29. The lowest BCUT2D eigenvalue weighted by molar-refractivity contribution is -0.115. The summed E-state index contributed by atoms with van der Waals surface area (Å²) in [5, 5.41) is 7.10. The Labute approximate surface area is 137 Å². The largest absolute Gasteiger partial charge is 0.389 e. The van der Waals surface area contributed by atoms with Crippen molar-refractivity contribution in [1.29, 1.82) is 0 Å². The molecular formula is C15H15ClN4O3. The van der Waals surface area contributed by atoms with Gasteiger partial charge in [-0.2, -0.15) is 0 Å². The zero-order chi connectivity index (χ0) is 16.0. The van der Waals surface area contributed by atoms with E-state index in [1.165, 1.54) is 0 Å². The van der Waals surface area contributed by atoms with Gasteiger partial charge in [0.2, 0.25) is 0 Å². The molecule has 2 fully saturated rings. The van der Waals surface area contributed by atoms with Crippen molar-refractivity contribution < 1.29 is 14.4 Å². The molecule has 3 aliphatic rings. The molecule has 1 aromatic heterocycles. The lowest BCUT2D eigenvalue weighted by Gasteiger charge is -2.16. The first-order valence-electron chi connectivity index (χ1n) is 7.58. The third kappa shape index (κ3) is 2.76. The Kier molecular flexibility index (Phi) is 3.45. The fourth-order valence-corrected chi connectivity index (χ4v) is 3.05. The number of rotatable bonds is 3. The Morgan fingerprint density at radius 2 is 2.13 bits per heavy atom. The van der Waals surface area contributed by atoms with E-state index in [9.17, 15) is 9.59 Å². The van der Waals surface area contributed by atoms with Crippen molar-refractivity contribution in [2.24, 2.45) is 11.1 Å². The van der Waals surface area contributed by atoms with Gasteiger partial charge in [-0.1, -0.05) is 22.8 Å². The van der Waals surface area contributed by atoms with E-state index < -0.39 is 0 Å². The number of amides is 2. The van der Waals surface area contributed by atoms with Gasteiger partial charge in [-0.3, -0.25) is 9.59 Å². The van der Waals surface area contributed by atoms with E-state index in [0.29, 0.717) is 24.5 Å². The SMILES string of the molecule is O=C(NC1CC1)C1=NO[C@@H]2CN(C(=O)c3cccc(Cl)n3)C[C@H]12. The Morgan fingerprint density at radius 3 is 2.87 bits per heavy atom. The maximum absolute atomic E-state index is 12.5. The molecule has 120 valence electrons. The number of aromatic nitrogens is 1. The van der Waals surface area contributed by atoms with Crippen molar-refractivity contribution in [3.05, 3.63) is 29.0 Å². The second-order valence-electron chi connectivity index (χ2n) is 6.03. The Hall–Kier alpha value is -2.15. The van der Waals surface area contributed by atoms with Gasteiger partial charge in [-0.25, -0.2) is 4.98 Å². The number of carbonyl (C=O) groups is 2. The number of nitrogens with one attached hydrogen (secondary N) is 1. The average molecular weight is 335 g/mol. The molecule has 3 heterocycles. The van der Waals surface area contributed by atoms with Crippen LogP contribution < -0.4 is 5.32 Å². The number of oxime groups is 1. The van der Waals surface area contributed by atoms with Crippen molar-refractivity contribution in [2.75, 3.05) is 13.1 Å². The highest BCUT2D eigenvalue weighted by atomic mass is 35.5. The van der Waals surface area contributed by atoms with E-state index >= 15 is 0 Å². The third-order valence-corrected chi connectivity index (χ3v) is 4.48. The molecule has 1 aromatic rings. The fraction of sp³-hybridized carbons (Fsp3) is 0.467. The van der Waals surface area contributed by atoms with Gasteiger partial charge in [0, 0.05) is 12.6 Å². The Morgan fingerprint density at radius 1 is 1.30 bits per heavy atom. The van der Waals surface area contributed by atoms with Crippen LogP contribution in [-0.2, 0) is 9.63 Å². The van der Waals surface area contributed by atoms with Crippen LogP contribution in [0, 0.1) is 5.92 Å². The molecule has 7 nitrogen and oxygen atoms in total. The zero-order valence-electron chi connectivity index (χ0n) is 12.2. The van der Waals surface area contributed by atoms with Gasteiger partial charge in [-0.05, 0) is 25.0 Å². The number of nitrogens with zero attached hydrogens (tertiary/aromatic N) is 3. The molecule has 2 atom stereocenters. The first-order chi connectivity index (χ1) is 11.1. The van der Waals surface area contributed by atoms with Gasteiger partial charge in [-0.15, -0.1) is 0 Å². The monoisotopic (exact) mass is 334 g/mol. The van der Waals surface area contributed by atoms with Crippen molar-refractivity contribution in [3.8, 4) is 0 Å². The minimum atomic E-state index is -0.266. The summed E-state index contributed by atoms with van der Waals surface area (Å²) >= 11 is 5.83. The first-order valence-corrected chi connectivity index (χ1v) is 7.96. The maximum Gasteiger partial charge on any atom is 0.272 e. The van der Waals surface area contributed by atoms with Crippen LogP contribution in [0.3, 0.4) is 0 Å². The molecule has 0 unspecified atom stereocenters. The quantitative estimate of drug-likeness (QED) is 0.830. The summed E-state index contributed by atoms with van der Waals surface area (Å²) in [5.41, 5.74) is 0.676. The van der Waals surface area contributed by atoms with Crippen molar-refractivity contribution in [3.63, 3.8) is 0 Å². The molecule has 1 aliphatic carbocycles. The van der Waals surface area contributed by atoms with Crippen LogP contribution in [0.2, 0.25) is 5.15 Å². The molecule has 1 saturated carbocycles. The van der Waals surface area contributed by atoms with Crippen LogP contribution in [0.15, 0.2) is 23.4 Å². The normalized spacial score (nSPS) is 25.6. The molecular weight excluding hydrogens is 320 g/mol.